The summed E-state index contributed by atoms with van der Waals surface area (Å²) in [5, 5.41) is 8.56. The number of rotatable bonds is 2. The van der Waals surface area contributed by atoms with Crippen molar-refractivity contribution >= 4 is 15.9 Å². The number of nitrogens with one attached hydrogen (secondary N) is 1. The second-order valence-corrected chi connectivity index (χ2v) is 3.68. The summed E-state index contributed by atoms with van der Waals surface area (Å²) < 4.78 is 1.06. The van der Waals surface area contributed by atoms with Gasteiger partial charge in [-0.1, -0.05) is 33.6 Å². The van der Waals surface area contributed by atoms with E-state index in [0.29, 0.717) is 6.54 Å². The summed E-state index contributed by atoms with van der Waals surface area (Å²) in [7, 11) is 0. The third kappa shape index (κ3) is 2.06. The predicted octanol–water partition coefficient (Wildman–Crippen LogP) is 2.54. The molecule has 2 N–H and O–H groups in total. The van der Waals surface area contributed by atoms with Crippen molar-refractivity contribution in [1.29, 1.82) is 0 Å². The Morgan fingerprint density at radius 2 is 2.08 bits per heavy atom. The highest BCUT2D eigenvalue weighted by molar-refractivity contribution is 9.10. The highest BCUT2D eigenvalue weighted by atomic mass is 79.9. The molecule has 0 aliphatic heterocycles. The van der Waals surface area contributed by atoms with Crippen LogP contribution in [-0.4, -0.2) is 5.21 Å². The first-order chi connectivity index (χ1) is 5.65. The summed E-state index contributed by atoms with van der Waals surface area (Å²) in [6.45, 7) is 4.56. The Kier molecular flexibility index (Phi) is 3.26. The Morgan fingerprint density at radius 3 is 2.67 bits per heavy atom. The predicted molar refractivity (Wildman–Crippen MR) is 52.2 cm³/mol. The average molecular weight is 230 g/mol. The van der Waals surface area contributed by atoms with E-state index in [2.05, 4.69) is 27.5 Å². The van der Waals surface area contributed by atoms with Gasteiger partial charge >= 0.3 is 0 Å². The fourth-order valence-corrected chi connectivity index (χ4v) is 1.62. The summed E-state index contributed by atoms with van der Waals surface area (Å²) in [6.07, 6.45) is 0. The Bertz CT molecular complexity index is 286. The number of benzene rings is 1. The zero-order chi connectivity index (χ0) is 9.14. The molecule has 12 heavy (non-hydrogen) atoms. The van der Waals surface area contributed by atoms with Gasteiger partial charge in [0.25, 0.3) is 0 Å². The van der Waals surface area contributed by atoms with Crippen LogP contribution in [-0.2, 0) is 6.54 Å². The summed E-state index contributed by atoms with van der Waals surface area (Å²) >= 11 is 3.46. The number of hydrogen-bond donors (Lipinski definition) is 2. The minimum absolute atomic E-state index is 0.475. The number of hydroxylamine groups is 1. The van der Waals surface area contributed by atoms with Gasteiger partial charge in [-0.25, -0.2) is 5.48 Å². The molecule has 0 atom stereocenters. The third-order valence-electron chi connectivity index (χ3n) is 1.74. The number of hydrogen-bond acceptors (Lipinski definition) is 2. The van der Waals surface area contributed by atoms with Crippen LogP contribution in [0.2, 0.25) is 0 Å². The summed E-state index contributed by atoms with van der Waals surface area (Å²) in [4.78, 5) is 0. The minimum atomic E-state index is 0.475. The van der Waals surface area contributed by atoms with Crippen molar-refractivity contribution in [2.24, 2.45) is 0 Å². The standard InChI is InChI=1S/C9H12BrNO/c1-6-3-7(2)9(10)8(4-6)5-11-12/h3-4,11-12H,5H2,1-2H3. The maximum Gasteiger partial charge on any atom is 0.0469 e. The zero-order valence-corrected chi connectivity index (χ0v) is 8.77. The SMILES string of the molecule is Cc1cc(C)c(Br)c(CNO)c1. The van der Waals surface area contributed by atoms with Crippen molar-refractivity contribution in [3.05, 3.63) is 33.3 Å². The quantitative estimate of drug-likeness (QED) is 0.765. The van der Waals surface area contributed by atoms with Crippen LogP contribution in [0.15, 0.2) is 16.6 Å². The molecule has 1 aromatic rings. The molecule has 0 amide bonds. The van der Waals surface area contributed by atoms with Crippen molar-refractivity contribution in [3.8, 4) is 0 Å². The van der Waals surface area contributed by atoms with E-state index < -0.39 is 0 Å². The van der Waals surface area contributed by atoms with Gasteiger partial charge in [-0.05, 0) is 25.0 Å². The lowest BCUT2D eigenvalue weighted by molar-refractivity contribution is 0.161. The molecule has 2 nitrogen and oxygen atoms in total. The van der Waals surface area contributed by atoms with Crippen LogP contribution in [0.1, 0.15) is 16.7 Å². The average Bonchev–Trinajstić information content (AvgIpc) is 2.00. The molecular weight excluding hydrogens is 218 g/mol. The molecule has 0 radical (unpaired) electrons. The maximum atomic E-state index is 8.56. The fraction of sp³-hybridized carbons (Fsp3) is 0.333. The first-order valence-corrected chi connectivity index (χ1v) is 4.57. The van der Waals surface area contributed by atoms with E-state index in [-0.39, 0.29) is 0 Å². The molecule has 1 rings (SSSR count). The first kappa shape index (κ1) is 9.71. The number of halogens is 1. The second kappa shape index (κ2) is 4.03. The van der Waals surface area contributed by atoms with Crippen LogP contribution in [0.4, 0.5) is 0 Å². The van der Waals surface area contributed by atoms with Crippen LogP contribution in [0.3, 0.4) is 0 Å². The van der Waals surface area contributed by atoms with Crippen LogP contribution in [0, 0.1) is 13.8 Å². The molecule has 0 aromatic heterocycles. The van der Waals surface area contributed by atoms with Gasteiger partial charge in [0.05, 0.1) is 0 Å². The van der Waals surface area contributed by atoms with Crippen LogP contribution in [0.25, 0.3) is 0 Å². The number of aryl methyl sites for hydroxylation is 2. The zero-order valence-electron chi connectivity index (χ0n) is 7.19. The van der Waals surface area contributed by atoms with Crippen LogP contribution < -0.4 is 5.48 Å². The van der Waals surface area contributed by atoms with Gasteiger partial charge in [0.15, 0.2) is 0 Å². The van der Waals surface area contributed by atoms with Gasteiger partial charge in [0.2, 0.25) is 0 Å². The lowest BCUT2D eigenvalue weighted by Crippen LogP contribution is -2.07. The van der Waals surface area contributed by atoms with Crippen molar-refractivity contribution < 1.29 is 5.21 Å². The molecule has 0 saturated heterocycles. The van der Waals surface area contributed by atoms with Crippen molar-refractivity contribution in [2.75, 3.05) is 0 Å². The highest BCUT2D eigenvalue weighted by Gasteiger charge is 2.02. The molecule has 0 saturated carbocycles. The molecule has 0 bridgehead atoms. The Hall–Kier alpha value is -0.380. The summed E-state index contributed by atoms with van der Waals surface area (Å²) in [5.41, 5.74) is 5.63. The van der Waals surface area contributed by atoms with E-state index in [1.165, 1.54) is 11.1 Å². The molecule has 0 heterocycles. The molecule has 66 valence electrons. The molecule has 3 heteroatoms. The lowest BCUT2D eigenvalue weighted by atomic mass is 10.1. The van der Waals surface area contributed by atoms with Crippen LogP contribution in [0.5, 0.6) is 0 Å². The van der Waals surface area contributed by atoms with E-state index >= 15 is 0 Å². The monoisotopic (exact) mass is 229 g/mol. The highest BCUT2D eigenvalue weighted by Crippen LogP contribution is 2.22. The van der Waals surface area contributed by atoms with Gasteiger partial charge < -0.3 is 5.21 Å². The van der Waals surface area contributed by atoms with E-state index in [0.717, 1.165) is 10.0 Å². The smallest absolute Gasteiger partial charge is 0.0469 e. The van der Waals surface area contributed by atoms with E-state index in [9.17, 15) is 0 Å². The second-order valence-electron chi connectivity index (χ2n) is 2.89. The topological polar surface area (TPSA) is 32.3 Å². The van der Waals surface area contributed by atoms with Crippen molar-refractivity contribution in [3.63, 3.8) is 0 Å². The lowest BCUT2D eigenvalue weighted by Gasteiger charge is -2.07. The van der Waals surface area contributed by atoms with E-state index in [4.69, 9.17) is 5.21 Å². The Labute approximate surface area is 80.7 Å². The minimum Gasteiger partial charge on any atom is -0.316 e. The molecule has 0 spiro atoms. The maximum absolute atomic E-state index is 8.56. The van der Waals surface area contributed by atoms with Crippen LogP contribution >= 0.6 is 15.9 Å². The molecule has 0 aliphatic rings. The largest absolute Gasteiger partial charge is 0.316 e. The molecule has 1 aromatic carbocycles. The summed E-state index contributed by atoms with van der Waals surface area (Å²) in [5.74, 6) is 0. The fourth-order valence-electron chi connectivity index (χ4n) is 1.25. The van der Waals surface area contributed by atoms with Gasteiger partial charge in [0.1, 0.15) is 0 Å². The Morgan fingerprint density at radius 1 is 1.42 bits per heavy atom. The summed E-state index contributed by atoms with van der Waals surface area (Å²) in [6, 6.07) is 4.14. The molecular formula is C9H12BrNO. The van der Waals surface area contributed by atoms with E-state index in [1.54, 1.807) is 0 Å². The molecule has 0 aliphatic carbocycles. The molecule has 0 unspecified atom stereocenters. The van der Waals surface area contributed by atoms with E-state index in [1.807, 2.05) is 19.9 Å². The van der Waals surface area contributed by atoms with Gasteiger partial charge in [-0.2, -0.15) is 0 Å². The Balaban J connectivity index is 3.09. The van der Waals surface area contributed by atoms with Crippen molar-refractivity contribution in [2.45, 2.75) is 20.4 Å². The third-order valence-corrected chi connectivity index (χ3v) is 2.88. The van der Waals surface area contributed by atoms with Gasteiger partial charge in [-0.15, -0.1) is 0 Å². The van der Waals surface area contributed by atoms with Gasteiger partial charge in [0, 0.05) is 11.0 Å². The molecule has 0 fully saturated rings. The first-order valence-electron chi connectivity index (χ1n) is 3.77. The van der Waals surface area contributed by atoms with Gasteiger partial charge in [-0.3, -0.25) is 0 Å². The van der Waals surface area contributed by atoms with Crippen molar-refractivity contribution in [1.82, 2.24) is 5.48 Å². The normalized spacial score (nSPS) is 10.3.